The van der Waals surface area contributed by atoms with Crippen molar-refractivity contribution in [3.63, 3.8) is 0 Å². The molecule has 2 aromatic rings. The summed E-state index contributed by atoms with van der Waals surface area (Å²) >= 11 is 0. The Bertz CT molecular complexity index is 772. The number of hydrogen-bond acceptors (Lipinski definition) is 5. The van der Waals surface area contributed by atoms with Gasteiger partial charge in [0.05, 0.1) is 12.1 Å². The summed E-state index contributed by atoms with van der Waals surface area (Å²) in [6.07, 6.45) is 1.50. The van der Waals surface area contributed by atoms with Crippen molar-refractivity contribution in [2.45, 2.75) is 19.1 Å². The Labute approximate surface area is 157 Å². The minimum Gasteiger partial charge on any atom is -0.437 e. The number of hydrogen-bond donors (Lipinski definition) is 2. The molecule has 144 valence electrons. The fourth-order valence-electron chi connectivity index (χ4n) is 3.00. The number of nitrogens with one attached hydrogen (secondary N) is 2. The number of anilines is 1. The topological polar surface area (TPSA) is 75.7 Å². The molecule has 3 rings (SSSR count). The van der Waals surface area contributed by atoms with Crippen molar-refractivity contribution in [1.82, 2.24) is 15.2 Å². The summed E-state index contributed by atoms with van der Waals surface area (Å²) in [4.78, 5) is 18.8. The van der Waals surface area contributed by atoms with E-state index in [9.17, 15) is 9.18 Å². The lowest BCUT2D eigenvalue weighted by atomic mass is 10.2. The van der Waals surface area contributed by atoms with Crippen molar-refractivity contribution in [3.05, 3.63) is 48.4 Å². The first-order chi connectivity index (χ1) is 13.1. The van der Waals surface area contributed by atoms with E-state index in [1.54, 1.807) is 25.4 Å². The second kappa shape index (κ2) is 8.79. The molecule has 1 saturated heterocycles. The smallest absolute Gasteiger partial charge is 0.319 e. The molecular weight excluding hydrogens is 351 g/mol. The number of urea groups is 1. The van der Waals surface area contributed by atoms with Gasteiger partial charge in [-0.2, -0.15) is 0 Å². The van der Waals surface area contributed by atoms with Crippen LogP contribution in [0.15, 0.2) is 42.6 Å². The van der Waals surface area contributed by atoms with Gasteiger partial charge in [0.1, 0.15) is 17.3 Å². The fraction of sp³-hybridized carbons (Fsp3) is 0.368. The highest BCUT2D eigenvalue weighted by Crippen LogP contribution is 2.27. The summed E-state index contributed by atoms with van der Waals surface area (Å²) < 4.78 is 24.2. The lowest BCUT2D eigenvalue weighted by Gasteiger charge is -2.19. The van der Waals surface area contributed by atoms with Crippen LogP contribution in [0.4, 0.5) is 14.9 Å². The largest absolute Gasteiger partial charge is 0.437 e. The number of halogens is 1. The Balaban J connectivity index is 1.65. The molecule has 0 bridgehead atoms. The number of pyridine rings is 1. The van der Waals surface area contributed by atoms with Crippen molar-refractivity contribution in [1.29, 1.82) is 0 Å². The first-order valence-corrected chi connectivity index (χ1v) is 8.80. The van der Waals surface area contributed by atoms with Gasteiger partial charge in [-0.3, -0.25) is 4.90 Å². The molecule has 1 aliphatic rings. The number of methoxy groups -OCH3 is 1. The van der Waals surface area contributed by atoms with Gasteiger partial charge >= 0.3 is 6.03 Å². The van der Waals surface area contributed by atoms with E-state index in [4.69, 9.17) is 9.47 Å². The molecule has 27 heavy (non-hydrogen) atoms. The number of likely N-dealkylation sites (tertiary alicyclic amines) is 1. The van der Waals surface area contributed by atoms with E-state index in [0.29, 0.717) is 11.4 Å². The molecule has 0 unspecified atom stereocenters. The Morgan fingerprint density at radius 2 is 2.07 bits per heavy atom. The third kappa shape index (κ3) is 4.93. The predicted octanol–water partition coefficient (Wildman–Crippen LogP) is 2.85. The number of likely N-dealkylation sites (N-methyl/N-ethyl adjacent to an activating group) is 1. The predicted molar refractivity (Wildman–Crippen MR) is 99.6 cm³/mol. The average molecular weight is 374 g/mol. The van der Waals surface area contributed by atoms with Crippen molar-refractivity contribution in [2.75, 3.05) is 32.1 Å². The summed E-state index contributed by atoms with van der Waals surface area (Å²) in [5.41, 5.74) is 0.415. The van der Waals surface area contributed by atoms with Gasteiger partial charge in [0.2, 0.25) is 5.88 Å². The molecule has 2 amide bonds. The number of ether oxygens (including phenoxy) is 2. The maximum absolute atomic E-state index is 13.0. The maximum Gasteiger partial charge on any atom is 0.319 e. The molecule has 0 spiro atoms. The zero-order valence-corrected chi connectivity index (χ0v) is 15.3. The van der Waals surface area contributed by atoms with E-state index < -0.39 is 0 Å². The fourth-order valence-corrected chi connectivity index (χ4v) is 3.00. The Hall–Kier alpha value is -2.71. The Morgan fingerprint density at radius 1 is 1.30 bits per heavy atom. The number of amides is 2. The summed E-state index contributed by atoms with van der Waals surface area (Å²) in [5.74, 6) is 0.294. The van der Waals surface area contributed by atoms with Crippen molar-refractivity contribution in [2.24, 2.45) is 0 Å². The molecule has 1 aliphatic heterocycles. The van der Waals surface area contributed by atoms with Crippen molar-refractivity contribution in [3.8, 4) is 11.6 Å². The van der Waals surface area contributed by atoms with Crippen LogP contribution in [0, 0.1) is 5.82 Å². The van der Waals surface area contributed by atoms with Gasteiger partial charge in [0, 0.05) is 26.4 Å². The summed E-state index contributed by atoms with van der Waals surface area (Å²) in [6.45, 7) is 4.49. The summed E-state index contributed by atoms with van der Waals surface area (Å²) in [7, 11) is 1.65. The summed E-state index contributed by atoms with van der Waals surface area (Å²) in [5, 5.41) is 5.70. The Kier molecular flexibility index (Phi) is 6.20. The van der Waals surface area contributed by atoms with Crippen LogP contribution in [-0.2, 0) is 4.74 Å². The number of aromatic nitrogens is 1. The van der Waals surface area contributed by atoms with Crippen LogP contribution in [0.1, 0.15) is 6.92 Å². The second-order valence-corrected chi connectivity index (χ2v) is 6.24. The molecule has 2 heterocycles. The first-order valence-electron chi connectivity index (χ1n) is 8.80. The van der Waals surface area contributed by atoms with Crippen LogP contribution in [0.2, 0.25) is 0 Å². The quantitative estimate of drug-likeness (QED) is 0.813. The number of benzene rings is 1. The Morgan fingerprint density at radius 3 is 2.78 bits per heavy atom. The molecule has 1 aromatic carbocycles. The number of carbonyl (C=O) groups is 1. The van der Waals surface area contributed by atoms with E-state index in [0.717, 1.165) is 19.6 Å². The number of rotatable bonds is 6. The van der Waals surface area contributed by atoms with Crippen molar-refractivity contribution < 1.29 is 18.7 Å². The van der Waals surface area contributed by atoms with Gasteiger partial charge in [-0.15, -0.1) is 0 Å². The van der Waals surface area contributed by atoms with Crippen LogP contribution in [0.25, 0.3) is 0 Å². The van der Waals surface area contributed by atoms with Gasteiger partial charge in [-0.05, 0) is 42.9 Å². The van der Waals surface area contributed by atoms with Gasteiger partial charge in [-0.25, -0.2) is 14.2 Å². The molecule has 1 aromatic heterocycles. The number of nitrogens with zero attached hydrogens (tertiary/aromatic N) is 2. The van der Waals surface area contributed by atoms with E-state index in [1.165, 1.54) is 24.3 Å². The third-order valence-electron chi connectivity index (χ3n) is 4.46. The highest BCUT2D eigenvalue weighted by Gasteiger charge is 2.33. The highest BCUT2D eigenvalue weighted by molar-refractivity contribution is 5.90. The molecule has 0 radical (unpaired) electrons. The SMILES string of the molecule is CCN1C[C@H](NC(=O)Nc2cccnc2Oc2ccc(F)cc2)[C@@H](OC)C1. The van der Waals surface area contributed by atoms with Crippen LogP contribution in [0.5, 0.6) is 11.6 Å². The van der Waals surface area contributed by atoms with Crippen LogP contribution in [0.3, 0.4) is 0 Å². The standard InChI is InChI=1S/C19H23FN4O3/c1-3-24-11-16(17(12-24)26-2)23-19(25)22-15-5-4-10-21-18(15)27-14-8-6-13(20)7-9-14/h4-10,16-17H,3,11-12H2,1-2H3,(H2,22,23,25)/t16-,17-/m0/s1. The number of carbonyl (C=O) groups excluding carboxylic acids is 1. The molecule has 1 fully saturated rings. The van der Waals surface area contributed by atoms with Gasteiger partial charge in [0.15, 0.2) is 0 Å². The first kappa shape index (κ1) is 19.1. The van der Waals surface area contributed by atoms with E-state index in [2.05, 4.69) is 27.4 Å². The normalized spacial score (nSPS) is 19.7. The van der Waals surface area contributed by atoms with E-state index in [1.807, 2.05) is 0 Å². The average Bonchev–Trinajstić information content (AvgIpc) is 3.07. The molecule has 8 heteroatoms. The molecule has 2 atom stereocenters. The second-order valence-electron chi connectivity index (χ2n) is 6.24. The van der Waals surface area contributed by atoms with Crippen LogP contribution in [-0.4, -0.2) is 54.8 Å². The monoisotopic (exact) mass is 374 g/mol. The highest BCUT2D eigenvalue weighted by atomic mass is 19.1. The molecule has 0 saturated carbocycles. The van der Waals surface area contributed by atoms with E-state index in [-0.39, 0.29) is 29.9 Å². The minimum absolute atomic E-state index is 0.0560. The minimum atomic E-state index is -0.364. The third-order valence-corrected chi connectivity index (χ3v) is 4.46. The zero-order chi connectivity index (χ0) is 19.2. The molecular formula is C19H23FN4O3. The van der Waals surface area contributed by atoms with E-state index >= 15 is 0 Å². The summed E-state index contributed by atoms with van der Waals surface area (Å²) in [6, 6.07) is 8.49. The zero-order valence-electron chi connectivity index (χ0n) is 15.3. The van der Waals surface area contributed by atoms with Gasteiger partial charge in [0.25, 0.3) is 0 Å². The lowest BCUT2D eigenvalue weighted by Crippen LogP contribution is -2.45. The van der Waals surface area contributed by atoms with Crippen LogP contribution >= 0.6 is 0 Å². The molecule has 7 nitrogen and oxygen atoms in total. The maximum atomic E-state index is 13.0. The molecule has 0 aliphatic carbocycles. The van der Waals surface area contributed by atoms with Crippen LogP contribution < -0.4 is 15.4 Å². The lowest BCUT2D eigenvalue weighted by molar-refractivity contribution is 0.0926. The molecule has 2 N–H and O–H groups in total. The van der Waals surface area contributed by atoms with Gasteiger partial charge in [-0.1, -0.05) is 6.92 Å². The van der Waals surface area contributed by atoms with Gasteiger partial charge < -0.3 is 20.1 Å². The van der Waals surface area contributed by atoms with Crippen molar-refractivity contribution >= 4 is 11.7 Å².